The Bertz CT molecular complexity index is 902. The number of hydrogen-bond donors (Lipinski definition) is 2. The van der Waals surface area contributed by atoms with Gasteiger partial charge in [-0.2, -0.15) is 5.26 Å². The number of H-pyrrole nitrogens is 1. The Morgan fingerprint density at radius 2 is 2.08 bits per heavy atom. The van der Waals surface area contributed by atoms with Crippen molar-refractivity contribution in [2.45, 2.75) is 6.92 Å². The largest absolute Gasteiger partial charge is 0.382 e. The van der Waals surface area contributed by atoms with Gasteiger partial charge in [0.2, 0.25) is 0 Å². The highest BCUT2D eigenvalue weighted by atomic mass is 15.1. The van der Waals surface area contributed by atoms with E-state index in [0.717, 1.165) is 46.6 Å². The smallest absolute Gasteiger partial charge is 0.101 e. The molecular weight excluding hydrogens is 298 g/mol. The van der Waals surface area contributed by atoms with Gasteiger partial charge in [-0.3, -0.25) is 4.98 Å². The fraction of sp³-hybridized carbons (Fsp3) is 0.263. The second-order valence-electron chi connectivity index (χ2n) is 6.10. The molecule has 0 spiro atoms. The highest BCUT2D eigenvalue weighted by Crippen LogP contribution is 2.30. The van der Waals surface area contributed by atoms with Crippen LogP contribution in [0.2, 0.25) is 0 Å². The average Bonchev–Trinajstić information content (AvgIpc) is 3.00. The van der Waals surface area contributed by atoms with E-state index in [4.69, 9.17) is 4.98 Å². The van der Waals surface area contributed by atoms with Crippen molar-refractivity contribution in [2.24, 2.45) is 0 Å². The molecule has 0 aliphatic carbocycles. The molecule has 0 radical (unpaired) electrons. The molecule has 0 aliphatic rings. The van der Waals surface area contributed by atoms with Crippen molar-refractivity contribution in [3.63, 3.8) is 0 Å². The van der Waals surface area contributed by atoms with Crippen molar-refractivity contribution in [1.82, 2.24) is 14.9 Å². The van der Waals surface area contributed by atoms with Crippen molar-refractivity contribution in [3.8, 4) is 17.3 Å². The van der Waals surface area contributed by atoms with Gasteiger partial charge < -0.3 is 15.2 Å². The third-order valence-corrected chi connectivity index (χ3v) is 4.07. The van der Waals surface area contributed by atoms with Crippen LogP contribution in [0.5, 0.6) is 0 Å². The highest BCUT2D eigenvalue weighted by molar-refractivity contribution is 5.97. The van der Waals surface area contributed by atoms with E-state index in [1.807, 2.05) is 37.4 Å². The molecule has 3 rings (SSSR count). The first-order valence-electron chi connectivity index (χ1n) is 7.97. The van der Waals surface area contributed by atoms with Crippen LogP contribution in [-0.2, 0) is 0 Å². The summed E-state index contributed by atoms with van der Waals surface area (Å²) in [5, 5.41) is 13.7. The van der Waals surface area contributed by atoms with Crippen molar-refractivity contribution in [2.75, 3.05) is 32.5 Å². The molecular formula is C19H21N5. The third-order valence-electron chi connectivity index (χ3n) is 4.07. The summed E-state index contributed by atoms with van der Waals surface area (Å²) in [5.41, 5.74) is 5.47. The first kappa shape index (κ1) is 16.0. The van der Waals surface area contributed by atoms with Gasteiger partial charge in [-0.05, 0) is 39.2 Å². The van der Waals surface area contributed by atoms with Crippen LogP contribution in [-0.4, -0.2) is 42.1 Å². The normalized spacial score (nSPS) is 11.0. The van der Waals surface area contributed by atoms with Gasteiger partial charge in [-0.15, -0.1) is 0 Å². The van der Waals surface area contributed by atoms with Gasteiger partial charge in [0.1, 0.15) is 6.07 Å². The molecule has 5 nitrogen and oxygen atoms in total. The fourth-order valence-electron chi connectivity index (χ4n) is 2.77. The molecule has 0 atom stereocenters. The summed E-state index contributed by atoms with van der Waals surface area (Å²) in [6.07, 6.45) is 1.92. The zero-order chi connectivity index (χ0) is 17.1. The van der Waals surface area contributed by atoms with E-state index in [1.54, 1.807) is 0 Å². The predicted octanol–water partition coefficient (Wildman–Crippen LogP) is 3.38. The highest BCUT2D eigenvalue weighted by Gasteiger charge is 2.11. The molecule has 0 unspecified atom stereocenters. The SMILES string of the molecule is Cc1nc(-c2c[nH]c3c(C#N)cccc23)ccc1NCCN(C)C. The second-order valence-corrected chi connectivity index (χ2v) is 6.10. The Hall–Kier alpha value is -2.84. The van der Waals surface area contributed by atoms with Crippen LogP contribution in [0.3, 0.4) is 0 Å². The molecule has 0 bridgehead atoms. The van der Waals surface area contributed by atoms with Gasteiger partial charge in [0, 0.05) is 30.2 Å². The molecule has 0 saturated carbocycles. The number of nitriles is 1. The van der Waals surface area contributed by atoms with E-state index in [2.05, 4.69) is 41.4 Å². The van der Waals surface area contributed by atoms with E-state index < -0.39 is 0 Å². The molecule has 2 heterocycles. The van der Waals surface area contributed by atoms with Gasteiger partial charge in [0.05, 0.1) is 28.2 Å². The van der Waals surface area contributed by atoms with E-state index in [9.17, 15) is 5.26 Å². The molecule has 1 aromatic carbocycles. The number of nitrogens with one attached hydrogen (secondary N) is 2. The number of likely N-dealkylation sites (N-methyl/N-ethyl adjacent to an activating group) is 1. The lowest BCUT2D eigenvalue weighted by molar-refractivity contribution is 0.425. The molecule has 3 aromatic rings. The Kier molecular flexibility index (Phi) is 4.50. The van der Waals surface area contributed by atoms with Crippen molar-refractivity contribution < 1.29 is 0 Å². The molecule has 0 amide bonds. The summed E-state index contributed by atoms with van der Waals surface area (Å²) in [6.45, 7) is 3.87. The monoisotopic (exact) mass is 319 g/mol. The maximum atomic E-state index is 9.22. The minimum atomic E-state index is 0.650. The number of nitrogens with zero attached hydrogens (tertiary/aromatic N) is 3. The van der Waals surface area contributed by atoms with Crippen molar-refractivity contribution in [3.05, 3.63) is 47.8 Å². The molecule has 0 saturated heterocycles. The van der Waals surface area contributed by atoms with Crippen LogP contribution in [0, 0.1) is 18.3 Å². The van der Waals surface area contributed by atoms with Crippen LogP contribution in [0.15, 0.2) is 36.5 Å². The first-order valence-corrected chi connectivity index (χ1v) is 7.97. The summed E-state index contributed by atoms with van der Waals surface area (Å²) in [5.74, 6) is 0. The van der Waals surface area contributed by atoms with E-state index >= 15 is 0 Å². The Labute approximate surface area is 141 Å². The maximum Gasteiger partial charge on any atom is 0.101 e. The zero-order valence-corrected chi connectivity index (χ0v) is 14.2. The lowest BCUT2D eigenvalue weighted by atomic mass is 10.1. The number of anilines is 1. The molecule has 122 valence electrons. The molecule has 5 heteroatoms. The topological polar surface area (TPSA) is 67.7 Å². The van der Waals surface area contributed by atoms with Crippen LogP contribution in [0.25, 0.3) is 22.2 Å². The fourth-order valence-corrected chi connectivity index (χ4v) is 2.77. The molecule has 0 fully saturated rings. The van der Waals surface area contributed by atoms with Crippen LogP contribution in [0.4, 0.5) is 5.69 Å². The lowest BCUT2D eigenvalue weighted by Gasteiger charge is -2.13. The number of aryl methyl sites for hydroxylation is 1. The summed E-state index contributed by atoms with van der Waals surface area (Å²) in [7, 11) is 4.12. The molecule has 24 heavy (non-hydrogen) atoms. The van der Waals surface area contributed by atoms with Crippen molar-refractivity contribution in [1.29, 1.82) is 5.26 Å². The average molecular weight is 319 g/mol. The number of rotatable bonds is 5. The van der Waals surface area contributed by atoms with Gasteiger partial charge in [0.15, 0.2) is 0 Å². The molecule has 0 aliphatic heterocycles. The Morgan fingerprint density at radius 1 is 1.25 bits per heavy atom. The number of aromatic nitrogens is 2. The lowest BCUT2D eigenvalue weighted by Crippen LogP contribution is -2.21. The van der Waals surface area contributed by atoms with Crippen LogP contribution < -0.4 is 5.32 Å². The first-order chi connectivity index (χ1) is 11.6. The summed E-state index contributed by atoms with van der Waals surface area (Å²) in [4.78, 5) is 10.1. The quantitative estimate of drug-likeness (QED) is 0.756. The number of hydrogen-bond acceptors (Lipinski definition) is 4. The summed E-state index contributed by atoms with van der Waals surface area (Å²) >= 11 is 0. The maximum absolute atomic E-state index is 9.22. The van der Waals surface area contributed by atoms with Crippen LogP contribution in [0.1, 0.15) is 11.3 Å². The number of pyridine rings is 1. The minimum absolute atomic E-state index is 0.650. The Morgan fingerprint density at radius 3 is 2.79 bits per heavy atom. The molecule has 2 N–H and O–H groups in total. The van der Waals surface area contributed by atoms with Gasteiger partial charge in [-0.25, -0.2) is 0 Å². The minimum Gasteiger partial charge on any atom is -0.382 e. The second kappa shape index (κ2) is 6.73. The number of aromatic amines is 1. The number of benzene rings is 1. The third kappa shape index (κ3) is 3.10. The Balaban J connectivity index is 1.91. The van der Waals surface area contributed by atoms with E-state index in [-0.39, 0.29) is 0 Å². The molecule has 2 aromatic heterocycles. The van der Waals surface area contributed by atoms with Crippen LogP contribution >= 0.6 is 0 Å². The van der Waals surface area contributed by atoms with Gasteiger partial charge >= 0.3 is 0 Å². The zero-order valence-electron chi connectivity index (χ0n) is 14.2. The van der Waals surface area contributed by atoms with Gasteiger partial charge in [-0.1, -0.05) is 12.1 Å². The van der Waals surface area contributed by atoms with Gasteiger partial charge in [0.25, 0.3) is 0 Å². The number of fused-ring (bicyclic) bond motifs is 1. The summed E-state index contributed by atoms with van der Waals surface area (Å²) in [6, 6.07) is 12.1. The van der Waals surface area contributed by atoms with Crippen molar-refractivity contribution >= 4 is 16.6 Å². The van der Waals surface area contributed by atoms with E-state index in [1.165, 1.54) is 0 Å². The predicted molar refractivity (Wildman–Crippen MR) is 98.0 cm³/mol. The number of para-hydroxylation sites is 1. The summed E-state index contributed by atoms with van der Waals surface area (Å²) < 4.78 is 0. The standard InChI is InChI=1S/C19H21N5/c1-13-17(21-9-10-24(2)3)7-8-18(23-13)16-12-22-19-14(11-20)5-4-6-15(16)19/h4-8,12,21-22H,9-10H2,1-3H3. The van der Waals surface area contributed by atoms with E-state index in [0.29, 0.717) is 5.56 Å².